The summed E-state index contributed by atoms with van der Waals surface area (Å²) in [5, 5.41) is 6.38. The number of aromatic nitrogens is 4. The topological polar surface area (TPSA) is 69.9 Å². The number of hydrogen-bond acceptors (Lipinski definition) is 5. The molecule has 12 aromatic rings. The van der Waals surface area contributed by atoms with E-state index in [1.165, 1.54) is 0 Å². The van der Waals surface area contributed by atoms with Crippen molar-refractivity contribution in [2.24, 2.45) is 0 Å². The van der Waals surface area contributed by atoms with Crippen molar-refractivity contribution in [3.8, 4) is 51.0 Å². The molecule has 0 spiro atoms. The van der Waals surface area contributed by atoms with Crippen LogP contribution in [0.4, 0.5) is 0 Å². The molecule has 0 aliphatic heterocycles. The van der Waals surface area contributed by atoms with Crippen LogP contribution < -0.4 is 0 Å². The summed E-state index contributed by atoms with van der Waals surface area (Å²) in [7, 11) is 0. The van der Waals surface area contributed by atoms with Crippen LogP contribution in [0.15, 0.2) is 191 Å². The van der Waals surface area contributed by atoms with Gasteiger partial charge in [-0.25, -0.2) is 15.0 Å². The normalized spacial score (nSPS) is 11.9. The zero-order valence-corrected chi connectivity index (χ0v) is 30.4. The molecule has 6 heteroatoms. The van der Waals surface area contributed by atoms with E-state index in [1.807, 2.05) is 66.7 Å². The maximum atomic E-state index is 6.60. The number of furan rings is 2. The molecule has 0 aliphatic rings. The fourth-order valence-electron chi connectivity index (χ4n) is 8.53. The monoisotopic (exact) mass is 730 g/mol. The van der Waals surface area contributed by atoms with Crippen LogP contribution in [0.3, 0.4) is 0 Å². The van der Waals surface area contributed by atoms with Crippen LogP contribution in [0, 0.1) is 0 Å². The van der Waals surface area contributed by atoms with Crippen molar-refractivity contribution in [1.82, 2.24) is 19.5 Å². The van der Waals surface area contributed by atoms with E-state index in [0.717, 1.165) is 99.2 Å². The zero-order valence-electron chi connectivity index (χ0n) is 30.4. The lowest BCUT2D eigenvalue weighted by molar-refractivity contribution is 0.669. The summed E-state index contributed by atoms with van der Waals surface area (Å²) in [6.07, 6.45) is 0. The van der Waals surface area contributed by atoms with Gasteiger partial charge < -0.3 is 13.4 Å². The summed E-state index contributed by atoms with van der Waals surface area (Å²) in [4.78, 5) is 15.7. The van der Waals surface area contributed by atoms with Gasteiger partial charge in [0.05, 0.1) is 11.0 Å². The van der Waals surface area contributed by atoms with Crippen molar-refractivity contribution in [2.45, 2.75) is 0 Å². The Balaban J connectivity index is 1.13. The molecule has 6 nitrogen and oxygen atoms in total. The minimum atomic E-state index is 0.580. The van der Waals surface area contributed by atoms with E-state index < -0.39 is 0 Å². The minimum absolute atomic E-state index is 0.580. The van der Waals surface area contributed by atoms with Gasteiger partial charge in [-0.15, -0.1) is 0 Å². The van der Waals surface area contributed by atoms with Gasteiger partial charge in [-0.05, 0) is 48.0 Å². The first kappa shape index (κ1) is 31.5. The molecular weight excluding hydrogens is 701 g/mol. The highest BCUT2D eigenvalue weighted by Gasteiger charge is 2.22. The van der Waals surface area contributed by atoms with E-state index in [-0.39, 0.29) is 0 Å². The van der Waals surface area contributed by atoms with Gasteiger partial charge in [0.1, 0.15) is 22.3 Å². The highest BCUT2D eigenvalue weighted by Crippen LogP contribution is 2.42. The average molecular weight is 731 g/mol. The Hall–Kier alpha value is -7.83. The smallest absolute Gasteiger partial charge is 0.166 e. The van der Waals surface area contributed by atoms with E-state index in [2.05, 4.69) is 120 Å². The second-order valence-corrected chi connectivity index (χ2v) is 14.3. The molecule has 0 saturated carbocycles. The van der Waals surface area contributed by atoms with E-state index in [4.69, 9.17) is 23.8 Å². The number of rotatable bonds is 5. The molecule has 0 atom stereocenters. The Morgan fingerprint density at radius 2 is 0.965 bits per heavy atom. The maximum absolute atomic E-state index is 6.60. The third kappa shape index (κ3) is 4.87. The Bertz CT molecular complexity index is 3530. The first-order valence-corrected chi connectivity index (χ1v) is 19.0. The molecule has 0 saturated heterocycles. The first-order chi connectivity index (χ1) is 28.3. The molecule has 0 unspecified atom stereocenters. The number of benzene rings is 8. The SMILES string of the molecule is c1ccc(-c2nc(-c3cccc4oc5ccccc5c34)nc(-c3cccc4c5ccccc5n(-c5ccc6oc7c(-c8ccccc8)cccc7c6c5)c34)n2)cc1. The number of fused-ring (bicyclic) bond motifs is 9. The maximum Gasteiger partial charge on any atom is 0.166 e. The second kappa shape index (κ2) is 12.3. The molecule has 0 bridgehead atoms. The highest BCUT2D eigenvalue weighted by atomic mass is 16.3. The third-order valence-corrected chi connectivity index (χ3v) is 11.1. The van der Waals surface area contributed by atoms with Gasteiger partial charge in [0.2, 0.25) is 0 Å². The Morgan fingerprint density at radius 3 is 1.81 bits per heavy atom. The van der Waals surface area contributed by atoms with Crippen LogP contribution in [-0.2, 0) is 0 Å². The largest absolute Gasteiger partial charge is 0.456 e. The molecule has 4 aromatic heterocycles. The molecule has 0 radical (unpaired) electrons. The third-order valence-electron chi connectivity index (χ3n) is 11.1. The Kier molecular flexibility index (Phi) is 6.83. The molecule has 0 aliphatic carbocycles. The number of hydrogen-bond donors (Lipinski definition) is 0. The highest BCUT2D eigenvalue weighted by molar-refractivity contribution is 6.15. The first-order valence-electron chi connectivity index (χ1n) is 19.0. The Morgan fingerprint density at radius 1 is 0.368 bits per heavy atom. The van der Waals surface area contributed by atoms with Crippen molar-refractivity contribution in [3.63, 3.8) is 0 Å². The lowest BCUT2D eigenvalue weighted by atomic mass is 10.0. The van der Waals surface area contributed by atoms with E-state index in [0.29, 0.717) is 17.5 Å². The van der Waals surface area contributed by atoms with Crippen molar-refractivity contribution in [2.75, 3.05) is 0 Å². The summed E-state index contributed by atoms with van der Waals surface area (Å²) >= 11 is 0. The van der Waals surface area contributed by atoms with E-state index in [1.54, 1.807) is 0 Å². The van der Waals surface area contributed by atoms with Crippen LogP contribution in [0.1, 0.15) is 0 Å². The van der Waals surface area contributed by atoms with Gasteiger partial charge in [0, 0.05) is 60.3 Å². The molecule has 0 fully saturated rings. The van der Waals surface area contributed by atoms with Gasteiger partial charge in [-0.3, -0.25) is 0 Å². The predicted octanol–water partition coefficient (Wildman–Crippen LogP) is 13.4. The minimum Gasteiger partial charge on any atom is -0.456 e. The average Bonchev–Trinajstić information content (AvgIpc) is 3.96. The quantitative estimate of drug-likeness (QED) is 0.176. The van der Waals surface area contributed by atoms with Crippen LogP contribution in [0.5, 0.6) is 0 Å². The summed E-state index contributed by atoms with van der Waals surface area (Å²) in [5.41, 5.74) is 11.3. The number of nitrogens with zero attached hydrogens (tertiary/aromatic N) is 4. The van der Waals surface area contributed by atoms with E-state index >= 15 is 0 Å². The molecule has 4 heterocycles. The standard InChI is InChI=1S/C51H30N4O2/c1-3-14-31(15-4-1)34-20-11-22-37-41-30-33(28-29-44(41)57-48(34)37)55-42-25-9-7-18-35(42)36-21-12-24-40(47(36)55)51-53-49(32-16-5-2-6-17-32)52-50(54-51)39-23-13-27-45-46(39)38-19-8-10-26-43(38)56-45/h1-30H. The molecule has 8 aromatic carbocycles. The lowest BCUT2D eigenvalue weighted by Gasteiger charge is -2.13. The van der Waals surface area contributed by atoms with Crippen LogP contribution >= 0.6 is 0 Å². The molecule has 0 N–H and O–H groups in total. The molecule has 266 valence electrons. The van der Waals surface area contributed by atoms with Crippen LogP contribution in [-0.4, -0.2) is 19.5 Å². The fourth-order valence-corrected chi connectivity index (χ4v) is 8.53. The van der Waals surface area contributed by atoms with Gasteiger partial charge in [0.15, 0.2) is 17.5 Å². The van der Waals surface area contributed by atoms with E-state index in [9.17, 15) is 0 Å². The van der Waals surface area contributed by atoms with Crippen molar-refractivity contribution < 1.29 is 8.83 Å². The van der Waals surface area contributed by atoms with Gasteiger partial charge in [0.25, 0.3) is 0 Å². The van der Waals surface area contributed by atoms with Gasteiger partial charge in [-0.2, -0.15) is 0 Å². The summed E-state index contributed by atoms with van der Waals surface area (Å²) < 4.78 is 15.2. The van der Waals surface area contributed by atoms with Gasteiger partial charge in [-0.1, -0.05) is 140 Å². The molecule has 0 amide bonds. The molecular formula is C51H30N4O2. The number of para-hydroxylation sites is 4. The van der Waals surface area contributed by atoms with Crippen molar-refractivity contribution in [1.29, 1.82) is 0 Å². The van der Waals surface area contributed by atoms with Crippen LogP contribution in [0.2, 0.25) is 0 Å². The summed E-state index contributed by atoms with van der Waals surface area (Å²) in [6, 6.07) is 62.6. The summed E-state index contributed by atoms with van der Waals surface area (Å²) in [5.74, 6) is 1.76. The van der Waals surface area contributed by atoms with Crippen molar-refractivity contribution >= 4 is 65.7 Å². The zero-order chi connectivity index (χ0) is 37.5. The molecule has 12 rings (SSSR count). The second-order valence-electron chi connectivity index (χ2n) is 14.3. The summed E-state index contributed by atoms with van der Waals surface area (Å²) in [6.45, 7) is 0. The predicted molar refractivity (Wildman–Crippen MR) is 230 cm³/mol. The van der Waals surface area contributed by atoms with Crippen molar-refractivity contribution in [3.05, 3.63) is 182 Å². The Labute approximate surface area is 325 Å². The lowest BCUT2D eigenvalue weighted by Crippen LogP contribution is -2.02. The molecule has 57 heavy (non-hydrogen) atoms. The van der Waals surface area contributed by atoms with Gasteiger partial charge >= 0.3 is 0 Å². The fraction of sp³-hybridized carbons (Fsp3) is 0. The van der Waals surface area contributed by atoms with Crippen LogP contribution in [0.25, 0.3) is 117 Å².